The third-order valence-electron chi connectivity index (χ3n) is 1.90. The zero-order valence-electron chi connectivity index (χ0n) is 8.79. The van der Waals surface area contributed by atoms with Crippen LogP contribution in [0, 0.1) is 10.1 Å². The number of nitrogens with zero attached hydrogens (tertiary/aromatic N) is 2. The predicted molar refractivity (Wildman–Crippen MR) is 57.3 cm³/mol. The number of anilines is 1. The maximum atomic E-state index is 10.4. The van der Waals surface area contributed by atoms with Crippen molar-refractivity contribution in [1.82, 2.24) is 4.98 Å². The van der Waals surface area contributed by atoms with E-state index >= 15 is 0 Å². The molecule has 0 aromatic carbocycles. The zero-order chi connectivity index (χ0) is 12.0. The van der Waals surface area contributed by atoms with E-state index in [0.717, 1.165) is 6.20 Å². The highest BCUT2D eigenvalue weighted by Gasteiger charge is 2.09. The van der Waals surface area contributed by atoms with Crippen LogP contribution in [0.3, 0.4) is 0 Å². The summed E-state index contributed by atoms with van der Waals surface area (Å²) in [6.45, 7) is 0.224. The molecule has 2 N–H and O–H groups in total. The van der Waals surface area contributed by atoms with E-state index in [2.05, 4.69) is 10.3 Å². The first-order valence-corrected chi connectivity index (χ1v) is 4.64. The smallest absolute Gasteiger partial charge is 0.287 e. The Labute approximate surface area is 92.2 Å². The van der Waals surface area contributed by atoms with Crippen LogP contribution in [-0.4, -0.2) is 41.4 Å². The Bertz CT molecular complexity index is 341. The maximum Gasteiger partial charge on any atom is 0.287 e. The van der Waals surface area contributed by atoms with Crippen LogP contribution in [0.1, 0.15) is 0 Å². The van der Waals surface area contributed by atoms with Crippen molar-refractivity contribution in [2.24, 2.45) is 0 Å². The fraction of sp³-hybridized carbons (Fsp3) is 0.444. The summed E-state index contributed by atoms with van der Waals surface area (Å²) >= 11 is 0. The molecule has 1 aromatic heterocycles. The molecule has 0 amide bonds. The lowest BCUT2D eigenvalue weighted by atomic mass is 10.3. The summed E-state index contributed by atoms with van der Waals surface area (Å²) in [5.41, 5.74) is -0.0714. The number of pyridine rings is 1. The minimum atomic E-state index is -0.518. The van der Waals surface area contributed by atoms with Crippen molar-refractivity contribution in [2.75, 3.05) is 25.6 Å². The second kappa shape index (κ2) is 5.99. The van der Waals surface area contributed by atoms with Crippen molar-refractivity contribution >= 4 is 11.5 Å². The van der Waals surface area contributed by atoms with Gasteiger partial charge in [0.1, 0.15) is 12.0 Å². The van der Waals surface area contributed by atoms with Crippen molar-refractivity contribution in [2.45, 2.75) is 6.04 Å². The molecule has 88 valence electrons. The standard InChI is InChI=1S/C9H13N3O4/c1-16-6-7(5-13)11-9-3-2-8(4-10-9)12(14)15/h2-4,7,13H,5-6H2,1H3,(H,10,11). The number of nitro groups is 1. The van der Waals surface area contributed by atoms with Crippen LogP contribution in [0.15, 0.2) is 18.3 Å². The molecule has 1 rings (SSSR count). The fourth-order valence-corrected chi connectivity index (χ4v) is 1.13. The van der Waals surface area contributed by atoms with Crippen LogP contribution < -0.4 is 5.32 Å². The summed E-state index contributed by atoms with van der Waals surface area (Å²) in [6, 6.07) is 2.55. The topological polar surface area (TPSA) is 97.5 Å². The first-order valence-electron chi connectivity index (χ1n) is 4.64. The number of rotatable bonds is 6. The SMILES string of the molecule is COCC(CO)Nc1ccc([N+](=O)[O-])cn1. The first kappa shape index (κ1) is 12.3. The molecule has 0 spiro atoms. The fourth-order valence-electron chi connectivity index (χ4n) is 1.13. The van der Waals surface area contributed by atoms with Gasteiger partial charge in [0.2, 0.25) is 0 Å². The number of hydrogen-bond donors (Lipinski definition) is 2. The Hall–Kier alpha value is -1.73. The molecule has 0 bridgehead atoms. The molecule has 0 fully saturated rings. The summed E-state index contributed by atoms with van der Waals surface area (Å²) in [5.74, 6) is 0.460. The molecule has 0 aliphatic carbocycles. The minimum absolute atomic E-state index is 0.0714. The van der Waals surface area contributed by atoms with Crippen LogP contribution in [0.25, 0.3) is 0 Å². The van der Waals surface area contributed by atoms with Gasteiger partial charge in [-0.05, 0) is 6.07 Å². The first-order chi connectivity index (χ1) is 7.67. The molecule has 1 heterocycles. The van der Waals surface area contributed by atoms with Gasteiger partial charge in [-0.2, -0.15) is 0 Å². The normalized spacial score (nSPS) is 12.1. The Balaban J connectivity index is 2.63. The van der Waals surface area contributed by atoms with Gasteiger partial charge in [-0.1, -0.05) is 0 Å². The summed E-state index contributed by atoms with van der Waals surface area (Å²) in [4.78, 5) is 13.7. The Morgan fingerprint density at radius 2 is 2.44 bits per heavy atom. The van der Waals surface area contributed by atoms with Crippen molar-refractivity contribution in [1.29, 1.82) is 0 Å². The van der Waals surface area contributed by atoms with E-state index in [4.69, 9.17) is 9.84 Å². The third kappa shape index (κ3) is 3.44. The van der Waals surface area contributed by atoms with E-state index in [9.17, 15) is 10.1 Å². The largest absolute Gasteiger partial charge is 0.394 e. The van der Waals surface area contributed by atoms with Crippen LogP contribution in [-0.2, 0) is 4.74 Å². The average Bonchev–Trinajstić information content (AvgIpc) is 2.29. The van der Waals surface area contributed by atoms with E-state index in [0.29, 0.717) is 12.4 Å². The van der Waals surface area contributed by atoms with E-state index in [1.807, 2.05) is 0 Å². The van der Waals surface area contributed by atoms with Crippen molar-refractivity contribution in [3.05, 3.63) is 28.4 Å². The lowest BCUT2D eigenvalue weighted by Gasteiger charge is -2.15. The molecule has 1 unspecified atom stereocenters. The molecule has 1 atom stereocenters. The number of aliphatic hydroxyl groups excluding tert-OH is 1. The molecule has 0 aliphatic rings. The van der Waals surface area contributed by atoms with E-state index in [-0.39, 0.29) is 18.3 Å². The second-order valence-electron chi connectivity index (χ2n) is 3.14. The van der Waals surface area contributed by atoms with Gasteiger partial charge >= 0.3 is 0 Å². The van der Waals surface area contributed by atoms with Gasteiger partial charge in [0.25, 0.3) is 5.69 Å². The molecular formula is C9H13N3O4. The summed E-state index contributed by atoms with van der Waals surface area (Å²) in [5, 5.41) is 22.2. The summed E-state index contributed by atoms with van der Waals surface area (Å²) < 4.78 is 4.87. The number of ether oxygens (including phenoxy) is 1. The zero-order valence-corrected chi connectivity index (χ0v) is 8.79. The number of aliphatic hydroxyl groups is 1. The highest BCUT2D eigenvalue weighted by atomic mass is 16.6. The molecular weight excluding hydrogens is 214 g/mol. The van der Waals surface area contributed by atoms with Gasteiger partial charge in [-0.25, -0.2) is 4.98 Å². The van der Waals surface area contributed by atoms with Crippen molar-refractivity contribution in [3.63, 3.8) is 0 Å². The molecule has 1 aromatic rings. The molecule has 0 aliphatic heterocycles. The lowest BCUT2D eigenvalue weighted by Crippen LogP contribution is -2.29. The van der Waals surface area contributed by atoms with Gasteiger partial charge in [-0.15, -0.1) is 0 Å². The molecule has 0 saturated carbocycles. The molecule has 16 heavy (non-hydrogen) atoms. The minimum Gasteiger partial charge on any atom is -0.394 e. The maximum absolute atomic E-state index is 10.4. The van der Waals surface area contributed by atoms with Gasteiger partial charge in [0, 0.05) is 13.2 Å². The highest BCUT2D eigenvalue weighted by Crippen LogP contribution is 2.12. The van der Waals surface area contributed by atoms with Gasteiger partial charge in [0.15, 0.2) is 0 Å². The monoisotopic (exact) mass is 227 g/mol. The van der Waals surface area contributed by atoms with E-state index in [1.54, 1.807) is 0 Å². The van der Waals surface area contributed by atoms with Crippen molar-refractivity contribution in [3.8, 4) is 0 Å². The van der Waals surface area contributed by atoms with Crippen LogP contribution in [0.4, 0.5) is 11.5 Å². The number of nitrogens with one attached hydrogen (secondary N) is 1. The van der Waals surface area contributed by atoms with Gasteiger partial charge < -0.3 is 15.2 Å². The quantitative estimate of drug-likeness (QED) is 0.539. The Morgan fingerprint density at radius 1 is 1.69 bits per heavy atom. The van der Waals surface area contributed by atoms with Crippen LogP contribution >= 0.6 is 0 Å². The van der Waals surface area contributed by atoms with Crippen LogP contribution in [0.2, 0.25) is 0 Å². The Kier molecular flexibility index (Phi) is 4.62. The van der Waals surface area contributed by atoms with Gasteiger partial charge in [0.05, 0.1) is 24.2 Å². The Morgan fingerprint density at radius 3 is 2.88 bits per heavy atom. The predicted octanol–water partition coefficient (Wildman–Crippen LogP) is 0.409. The number of aromatic nitrogens is 1. The molecule has 0 radical (unpaired) electrons. The lowest BCUT2D eigenvalue weighted by molar-refractivity contribution is -0.385. The molecule has 7 heteroatoms. The van der Waals surface area contributed by atoms with Crippen LogP contribution in [0.5, 0.6) is 0 Å². The number of hydrogen-bond acceptors (Lipinski definition) is 6. The second-order valence-corrected chi connectivity index (χ2v) is 3.14. The molecule has 0 saturated heterocycles. The van der Waals surface area contributed by atoms with E-state index in [1.165, 1.54) is 19.2 Å². The van der Waals surface area contributed by atoms with E-state index < -0.39 is 4.92 Å². The van der Waals surface area contributed by atoms with Crippen molar-refractivity contribution < 1.29 is 14.8 Å². The summed E-state index contributed by atoms with van der Waals surface area (Å²) in [7, 11) is 1.52. The number of methoxy groups -OCH3 is 1. The summed E-state index contributed by atoms with van der Waals surface area (Å²) in [6.07, 6.45) is 1.16. The third-order valence-corrected chi connectivity index (χ3v) is 1.90. The van der Waals surface area contributed by atoms with Gasteiger partial charge in [-0.3, -0.25) is 10.1 Å². The highest BCUT2D eigenvalue weighted by molar-refractivity contribution is 5.40. The molecule has 7 nitrogen and oxygen atoms in total. The average molecular weight is 227 g/mol.